The zero-order valence-corrected chi connectivity index (χ0v) is 11.8. The summed E-state index contributed by atoms with van der Waals surface area (Å²) >= 11 is 0. The Morgan fingerprint density at radius 3 is 2.50 bits per heavy atom. The van der Waals surface area contributed by atoms with Gasteiger partial charge in [0.15, 0.2) is 0 Å². The number of aryl methyl sites for hydroxylation is 3. The molecule has 5 nitrogen and oxygen atoms in total. The topological polar surface area (TPSA) is 80.0 Å². The fourth-order valence-electron chi connectivity index (χ4n) is 2.06. The summed E-state index contributed by atoms with van der Waals surface area (Å²) in [7, 11) is 0. The summed E-state index contributed by atoms with van der Waals surface area (Å²) in [5.74, 6) is 5.75. The number of pyridine rings is 1. The number of nitrogens with two attached hydrogens (primary N) is 1. The molecule has 1 heterocycles. The first-order chi connectivity index (χ1) is 9.49. The molecule has 1 aromatic carbocycles. The van der Waals surface area contributed by atoms with Crippen LogP contribution in [0.4, 0.5) is 11.5 Å². The quantitative estimate of drug-likeness (QED) is 0.591. The van der Waals surface area contributed by atoms with Crippen LogP contribution in [0, 0.1) is 20.8 Å². The molecule has 0 fully saturated rings. The lowest BCUT2D eigenvalue weighted by Crippen LogP contribution is -2.18. The number of carbonyl (C=O) groups is 1. The standard InChI is InChI=1S/C15H18N4O/c1-9-4-5-12(13(7-9)19-16)15(20)18-14-8-10(2)6-11(3)17-14/h4-8,19H,16H2,1-3H3,(H,17,18,20). The van der Waals surface area contributed by atoms with Crippen molar-refractivity contribution in [3.8, 4) is 0 Å². The molecule has 0 spiro atoms. The monoisotopic (exact) mass is 270 g/mol. The van der Waals surface area contributed by atoms with Gasteiger partial charge in [-0.2, -0.15) is 0 Å². The van der Waals surface area contributed by atoms with Crippen LogP contribution in [0.1, 0.15) is 27.2 Å². The lowest BCUT2D eigenvalue weighted by Gasteiger charge is -2.11. The molecular weight excluding hydrogens is 252 g/mol. The number of nitrogens with zero attached hydrogens (tertiary/aromatic N) is 1. The maximum absolute atomic E-state index is 12.3. The second-order valence-corrected chi connectivity index (χ2v) is 4.82. The van der Waals surface area contributed by atoms with E-state index in [1.807, 2.05) is 45.0 Å². The molecule has 2 rings (SSSR count). The molecule has 5 heteroatoms. The third kappa shape index (κ3) is 3.13. The van der Waals surface area contributed by atoms with Crippen molar-refractivity contribution in [2.45, 2.75) is 20.8 Å². The van der Waals surface area contributed by atoms with Gasteiger partial charge in [0.25, 0.3) is 5.91 Å². The number of anilines is 2. The number of rotatable bonds is 3. The van der Waals surface area contributed by atoms with Crippen molar-refractivity contribution >= 4 is 17.4 Å². The molecule has 1 aromatic heterocycles. The zero-order chi connectivity index (χ0) is 14.7. The molecule has 20 heavy (non-hydrogen) atoms. The van der Waals surface area contributed by atoms with E-state index in [2.05, 4.69) is 15.7 Å². The predicted octanol–water partition coefficient (Wildman–Crippen LogP) is 2.54. The van der Waals surface area contributed by atoms with E-state index in [4.69, 9.17) is 5.84 Å². The summed E-state index contributed by atoms with van der Waals surface area (Å²) in [6.07, 6.45) is 0. The van der Waals surface area contributed by atoms with Crippen molar-refractivity contribution in [2.24, 2.45) is 5.84 Å². The highest BCUT2D eigenvalue weighted by molar-refractivity contribution is 6.07. The number of nitrogens with one attached hydrogen (secondary N) is 2. The second kappa shape index (κ2) is 5.71. The molecule has 0 saturated heterocycles. The lowest BCUT2D eigenvalue weighted by atomic mass is 10.1. The van der Waals surface area contributed by atoms with Crippen LogP contribution >= 0.6 is 0 Å². The van der Waals surface area contributed by atoms with Gasteiger partial charge in [-0.1, -0.05) is 6.07 Å². The molecule has 0 aliphatic rings. The Labute approximate surface area is 118 Å². The number of hydrogen-bond acceptors (Lipinski definition) is 4. The van der Waals surface area contributed by atoms with Crippen LogP contribution < -0.4 is 16.6 Å². The van der Waals surface area contributed by atoms with Crippen LogP contribution in [0.25, 0.3) is 0 Å². The van der Waals surface area contributed by atoms with E-state index in [0.29, 0.717) is 17.1 Å². The SMILES string of the molecule is Cc1cc(C)nc(NC(=O)c2ccc(C)cc2NN)c1. The van der Waals surface area contributed by atoms with Gasteiger partial charge in [0.1, 0.15) is 5.82 Å². The van der Waals surface area contributed by atoms with E-state index in [9.17, 15) is 4.79 Å². The molecule has 2 aromatic rings. The van der Waals surface area contributed by atoms with E-state index in [1.54, 1.807) is 6.07 Å². The van der Waals surface area contributed by atoms with Crippen LogP contribution in [0.15, 0.2) is 30.3 Å². The van der Waals surface area contributed by atoms with Crippen molar-refractivity contribution in [2.75, 3.05) is 10.7 Å². The summed E-state index contributed by atoms with van der Waals surface area (Å²) in [5.41, 5.74) is 6.56. The molecule has 0 atom stereocenters. The van der Waals surface area contributed by atoms with Gasteiger partial charge >= 0.3 is 0 Å². The maximum Gasteiger partial charge on any atom is 0.258 e. The van der Waals surface area contributed by atoms with Gasteiger partial charge in [0.05, 0.1) is 11.3 Å². The van der Waals surface area contributed by atoms with E-state index in [0.717, 1.165) is 16.8 Å². The average molecular weight is 270 g/mol. The number of aromatic nitrogens is 1. The molecule has 0 aliphatic heterocycles. The first-order valence-corrected chi connectivity index (χ1v) is 6.33. The van der Waals surface area contributed by atoms with Gasteiger partial charge in [-0.15, -0.1) is 0 Å². The molecular formula is C15H18N4O. The minimum absolute atomic E-state index is 0.240. The molecule has 0 unspecified atom stereocenters. The third-order valence-corrected chi connectivity index (χ3v) is 2.91. The van der Waals surface area contributed by atoms with Crippen molar-refractivity contribution in [3.05, 3.63) is 52.7 Å². The Kier molecular flexibility index (Phi) is 4.00. The summed E-state index contributed by atoms with van der Waals surface area (Å²) in [6.45, 7) is 5.79. The highest BCUT2D eigenvalue weighted by Crippen LogP contribution is 2.18. The maximum atomic E-state index is 12.3. The highest BCUT2D eigenvalue weighted by Gasteiger charge is 2.12. The number of nitrogen functional groups attached to an aromatic ring is 1. The molecule has 0 saturated carbocycles. The van der Waals surface area contributed by atoms with Crippen molar-refractivity contribution in [1.29, 1.82) is 0 Å². The average Bonchev–Trinajstić information content (AvgIpc) is 2.37. The number of amides is 1. The minimum atomic E-state index is -0.240. The molecule has 0 aliphatic carbocycles. The van der Waals surface area contributed by atoms with Crippen molar-refractivity contribution in [1.82, 2.24) is 4.98 Å². The molecule has 104 valence electrons. The van der Waals surface area contributed by atoms with Gasteiger partial charge in [-0.05, 0) is 56.2 Å². The minimum Gasteiger partial charge on any atom is -0.323 e. The van der Waals surface area contributed by atoms with Crippen LogP contribution in [0.3, 0.4) is 0 Å². The van der Waals surface area contributed by atoms with Gasteiger partial charge in [-0.25, -0.2) is 4.98 Å². The highest BCUT2D eigenvalue weighted by atomic mass is 16.1. The Hall–Kier alpha value is -2.40. The number of hydrazine groups is 1. The van der Waals surface area contributed by atoms with Crippen LogP contribution in [0.5, 0.6) is 0 Å². The first kappa shape index (κ1) is 14.0. The largest absolute Gasteiger partial charge is 0.323 e. The predicted molar refractivity (Wildman–Crippen MR) is 80.7 cm³/mol. The van der Waals surface area contributed by atoms with Crippen LogP contribution in [0.2, 0.25) is 0 Å². The Balaban J connectivity index is 2.28. The van der Waals surface area contributed by atoms with Crippen molar-refractivity contribution in [3.63, 3.8) is 0 Å². The number of hydrogen-bond donors (Lipinski definition) is 3. The fraction of sp³-hybridized carbons (Fsp3) is 0.200. The van der Waals surface area contributed by atoms with Crippen LogP contribution in [-0.4, -0.2) is 10.9 Å². The third-order valence-electron chi connectivity index (χ3n) is 2.91. The second-order valence-electron chi connectivity index (χ2n) is 4.82. The Morgan fingerprint density at radius 2 is 1.85 bits per heavy atom. The lowest BCUT2D eigenvalue weighted by molar-refractivity contribution is 0.102. The summed E-state index contributed by atoms with van der Waals surface area (Å²) in [4.78, 5) is 16.6. The van der Waals surface area contributed by atoms with Gasteiger partial charge in [0.2, 0.25) is 0 Å². The van der Waals surface area contributed by atoms with E-state index in [1.165, 1.54) is 0 Å². The molecule has 0 bridgehead atoms. The molecule has 1 amide bonds. The fourth-order valence-corrected chi connectivity index (χ4v) is 2.06. The van der Waals surface area contributed by atoms with E-state index in [-0.39, 0.29) is 5.91 Å². The summed E-state index contributed by atoms with van der Waals surface area (Å²) in [5, 5.41) is 2.79. The van der Waals surface area contributed by atoms with Gasteiger partial charge in [0, 0.05) is 5.69 Å². The zero-order valence-electron chi connectivity index (χ0n) is 11.8. The summed E-state index contributed by atoms with van der Waals surface area (Å²) in [6, 6.07) is 9.21. The number of carbonyl (C=O) groups excluding carboxylic acids is 1. The Bertz CT molecular complexity index is 632. The van der Waals surface area contributed by atoms with Crippen LogP contribution in [-0.2, 0) is 0 Å². The molecule has 0 radical (unpaired) electrons. The van der Waals surface area contributed by atoms with Gasteiger partial charge < -0.3 is 10.7 Å². The van der Waals surface area contributed by atoms with Crippen molar-refractivity contribution < 1.29 is 4.79 Å². The van der Waals surface area contributed by atoms with Gasteiger partial charge in [-0.3, -0.25) is 10.6 Å². The smallest absolute Gasteiger partial charge is 0.258 e. The van der Waals surface area contributed by atoms with E-state index >= 15 is 0 Å². The molecule has 4 N–H and O–H groups in total. The Morgan fingerprint density at radius 1 is 1.10 bits per heavy atom. The van der Waals surface area contributed by atoms with E-state index < -0.39 is 0 Å². The first-order valence-electron chi connectivity index (χ1n) is 6.33. The number of benzene rings is 1. The normalized spacial score (nSPS) is 10.2. The summed E-state index contributed by atoms with van der Waals surface area (Å²) < 4.78 is 0.